The summed E-state index contributed by atoms with van der Waals surface area (Å²) in [5.41, 5.74) is 9.85. The van der Waals surface area contributed by atoms with Gasteiger partial charge in [0.05, 0.1) is 17.3 Å². The fraction of sp³-hybridized carbons (Fsp3) is 0.0769. The quantitative estimate of drug-likeness (QED) is 0.203. The van der Waals surface area contributed by atoms with Crippen LogP contribution in [0.2, 0.25) is 0 Å². The zero-order valence-corrected chi connectivity index (χ0v) is 19.5. The number of thiophene rings is 1. The first-order valence-corrected chi connectivity index (χ1v) is 11.2. The maximum Gasteiger partial charge on any atom is 0.226 e. The molecule has 1 aromatic heterocycles. The van der Waals surface area contributed by atoms with Gasteiger partial charge in [0.1, 0.15) is 5.84 Å². The molecule has 0 radical (unpaired) electrons. The van der Waals surface area contributed by atoms with E-state index in [2.05, 4.69) is 15.6 Å². The van der Waals surface area contributed by atoms with Crippen molar-refractivity contribution in [3.8, 4) is 0 Å². The molecule has 4 N–H and O–H groups in total. The Labute approximate surface area is 203 Å². The van der Waals surface area contributed by atoms with Crippen LogP contribution in [0.5, 0.6) is 0 Å². The fourth-order valence-corrected chi connectivity index (χ4v) is 3.92. The Morgan fingerprint density at radius 2 is 1.42 bits per heavy atom. The molecule has 0 aliphatic heterocycles. The minimum absolute atomic E-state index is 0. The molecule has 33 heavy (non-hydrogen) atoms. The molecule has 0 aliphatic carbocycles. The third kappa shape index (κ3) is 6.94. The summed E-state index contributed by atoms with van der Waals surface area (Å²) >= 11 is 1.53. The second-order valence-electron chi connectivity index (χ2n) is 7.24. The van der Waals surface area contributed by atoms with Crippen molar-refractivity contribution in [1.29, 1.82) is 0 Å². The lowest BCUT2D eigenvalue weighted by atomic mass is 10.0. The van der Waals surface area contributed by atoms with Crippen molar-refractivity contribution in [3.63, 3.8) is 0 Å². The third-order valence-corrected chi connectivity index (χ3v) is 5.76. The molecule has 0 fully saturated rings. The number of nitrogens with zero attached hydrogens (tertiary/aromatic N) is 1. The second kappa shape index (κ2) is 11.9. The maximum absolute atomic E-state index is 12.8. The van der Waals surface area contributed by atoms with Crippen LogP contribution in [0.1, 0.15) is 22.9 Å². The number of hydrogen-bond donors (Lipinski definition) is 3. The SMILES string of the molecule is Cl.NC(=NC(CC(=O)Nc1ccc(Nc2ccccc2)cc1)c1ccccc1)c1cccs1. The van der Waals surface area contributed by atoms with Gasteiger partial charge in [-0.25, -0.2) is 0 Å². The number of nitrogens with one attached hydrogen (secondary N) is 2. The molecular weight excluding hydrogens is 452 g/mol. The highest BCUT2D eigenvalue weighted by Crippen LogP contribution is 2.24. The van der Waals surface area contributed by atoms with Gasteiger partial charge in [-0.1, -0.05) is 54.6 Å². The van der Waals surface area contributed by atoms with E-state index >= 15 is 0 Å². The standard InChI is InChI=1S/C26H24N4OS.ClH/c27-26(24-12-7-17-32-24)30-23(19-8-3-1-4-9-19)18-25(31)29-22-15-13-21(14-16-22)28-20-10-5-2-6-11-20;/h1-17,23,28H,18H2,(H2,27,30)(H,29,31);1H. The molecule has 0 saturated heterocycles. The van der Waals surface area contributed by atoms with Crippen LogP contribution in [0.25, 0.3) is 0 Å². The lowest BCUT2D eigenvalue weighted by molar-refractivity contribution is -0.116. The first kappa shape index (κ1) is 24.0. The summed E-state index contributed by atoms with van der Waals surface area (Å²) in [6, 6.07) is 30.8. The minimum atomic E-state index is -0.364. The first-order chi connectivity index (χ1) is 15.7. The second-order valence-corrected chi connectivity index (χ2v) is 8.19. The lowest BCUT2D eigenvalue weighted by Gasteiger charge is -2.14. The van der Waals surface area contributed by atoms with E-state index in [9.17, 15) is 4.79 Å². The molecule has 1 amide bonds. The molecule has 7 heteroatoms. The molecule has 1 heterocycles. The molecular formula is C26H25ClN4OS. The first-order valence-electron chi connectivity index (χ1n) is 10.3. The summed E-state index contributed by atoms with van der Waals surface area (Å²) in [4.78, 5) is 18.4. The maximum atomic E-state index is 12.8. The number of anilines is 3. The van der Waals surface area contributed by atoms with Gasteiger partial charge < -0.3 is 16.4 Å². The predicted octanol–water partition coefficient (Wildman–Crippen LogP) is 6.39. The van der Waals surface area contributed by atoms with Crippen molar-refractivity contribution in [2.45, 2.75) is 12.5 Å². The van der Waals surface area contributed by atoms with Crippen LogP contribution in [0.4, 0.5) is 17.1 Å². The van der Waals surface area contributed by atoms with Crippen LogP contribution < -0.4 is 16.4 Å². The van der Waals surface area contributed by atoms with Gasteiger partial charge in [-0.3, -0.25) is 9.79 Å². The summed E-state index contributed by atoms with van der Waals surface area (Å²) in [6.45, 7) is 0. The Morgan fingerprint density at radius 3 is 2.06 bits per heavy atom. The average molecular weight is 477 g/mol. The Hall–Kier alpha value is -3.61. The summed E-state index contributed by atoms with van der Waals surface area (Å²) in [5.74, 6) is 0.323. The van der Waals surface area contributed by atoms with E-state index in [0.717, 1.165) is 27.5 Å². The number of carbonyl (C=O) groups is 1. The van der Waals surface area contributed by atoms with Gasteiger partial charge in [-0.05, 0) is 53.4 Å². The zero-order valence-electron chi connectivity index (χ0n) is 17.8. The molecule has 4 rings (SSSR count). The average Bonchev–Trinajstić information content (AvgIpc) is 3.36. The molecule has 1 unspecified atom stereocenters. The molecule has 168 valence electrons. The predicted molar refractivity (Wildman–Crippen MR) is 141 cm³/mol. The minimum Gasteiger partial charge on any atom is -0.383 e. The van der Waals surface area contributed by atoms with E-state index in [4.69, 9.17) is 5.73 Å². The van der Waals surface area contributed by atoms with E-state index in [-0.39, 0.29) is 30.8 Å². The van der Waals surface area contributed by atoms with E-state index < -0.39 is 0 Å². The zero-order chi connectivity index (χ0) is 22.2. The number of halogens is 1. The number of nitrogens with two attached hydrogens (primary N) is 1. The molecule has 0 aliphatic rings. The van der Waals surface area contributed by atoms with E-state index in [0.29, 0.717) is 5.84 Å². The largest absolute Gasteiger partial charge is 0.383 e. The normalized spacial score (nSPS) is 11.8. The van der Waals surface area contributed by atoms with Crippen LogP contribution in [0.3, 0.4) is 0 Å². The molecule has 5 nitrogen and oxygen atoms in total. The van der Waals surface area contributed by atoms with Crippen molar-refractivity contribution in [2.24, 2.45) is 10.7 Å². The monoisotopic (exact) mass is 476 g/mol. The number of amidine groups is 1. The molecule has 0 bridgehead atoms. The molecule has 0 spiro atoms. The molecule has 4 aromatic rings. The van der Waals surface area contributed by atoms with Gasteiger partial charge in [-0.15, -0.1) is 23.7 Å². The molecule has 3 aromatic carbocycles. The van der Waals surface area contributed by atoms with Gasteiger partial charge in [0.25, 0.3) is 0 Å². The fourth-order valence-electron chi connectivity index (χ4n) is 3.28. The van der Waals surface area contributed by atoms with Crippen LogP contribution in [-0.2, 0) is 4.79 Å². The van der Waals surface area contributed by atoms with Gasteiger partial charge >= 0.3 is 0 Å². The smallest absolute Gasteiger partial charge is 0.226 e. The highest BCUT2D eigenvalue weighted by Gasteiger charge is 2.16. The number of hydrogen-bond acceptors (Lipinski definition) is 4. The molecule has 0 saturated carbocycles. The Morgan fingerprint density at radius 1 is 0.818 bits per heavy atom. The third-order valence-electron chi connectivity index (χ3n) is 4.86. The van der Waals surface area contributed by atoms with Crippen molar-refractivity contribution < 1.29 is 4.79 Å². The topological polar surface area (TPSA) is 79.5 Å². The van der Waals surface area contributed by atoms with Crippen molar-refractivity contribution in [2.75, 3.05) is 10.6 Å². The highest BCUT2D eigenvalue weighted by atomic mass is 35.5. The Kier molecular flexibility index (Phi) is 8.63. The van der Waals surface area contributed by atoms with E-state index in [1.54, 1.807) is 0 Å². The number of amides is 1. The summed E-state index contributed by atoms with van der Waals surface area (Å²) < 4.78 is 0. The van der Waals surface area contributed by atoms with Crippen LogP contribution >= 0.6 is 23.7 Å². The summed E-state index contributed by atoms with van der Waals surface area (Å²) in [5, 5.41) is 8.25. The van der Waals surface area contributed by atoms with Crippen molar-refractivity contribution in [3.05, 3.63) is 113 Å². The van der Waals surface area contributed by atoms with E-state index in [1.165, 1.54) is 11.3 Å². The summed E-state index contributed by atoms with van der Waals surface area (Å²) in [7, 11) is 0. The van der Waals surface area contributed by atoms with Crippen molar-refractivity contribution in [1.82, 2.24) is 0 Å². The van der Waals surface area contributed by atoms with E-state index in [1.807, 2.05) is 102 Å². The number of aliphatic imine (C=N–C) groups is 1. The summed E-state index contributed by atoms with van der Waals surface area (Å²) in [6.07, 6.45) is 0.195. The number of para-hydroxylation sites is 1. The number of benzene rings is 3. The van der Waals surface area contributed by atoms with Crippen LogP contribution in [-0.4, -0.2) is 11.7 Å². The lowest BCUT2D eigenvalue weighted by Crippen LogP contribution is -2.18. The Bertz CT molecular complexity index is 1160. The number of carbonyl (C=O) groups excluding carboxylic acids is 1. The van der Waals surface area contributed by atoms with Crippen LogP contribution in [0.15, 0.2) is 107 Å². The highest BCUT2D eigenvalue weighted by molar-refractivity contribution is 7.12. The van der Waals surface area contributed by atoms with Crippen LogP contribution in [0, 0.1) is 0 Å². The molecule has 1 atom stereocenters. The Balaban J connectivity index is 0.00000306. The number of rotatable bonds is 8. The van der Waals surface area contributed by atoms with Crippen molar-refractivity contribution >= 4 is 52.5 Å². The van der Waals surface area contributed by atoms with Gasteiger partial charge in [0.2, 0.25) is 5.91 Å². The van der Waals surface area contributed by atoms with Gasteiger partial charge in [0.15, 0.2) is 0 Å². The van der Waals surface area contributed by atoms with Gasteiger partial charge in [-0.2, -0.15) is 0 Å². The van der Waals surface area contributed by atoms with Gasteiger partial charge in [0, 0.05) is 17.1 Å².